The first kappa shape index (κ1) is 25.3. The molecule has 0 aromatic carbocycles. The largest absolute Gasteiger partial charge is 0.381 e. The number of nitriles is 1. The van der Waals surface area contributed by atoms with Gasteiger partial charge in [0.15, 0.2) is 0 Å². The van der Waals surface area contributed by atoms with Gasteiger partial charge in [0.25, 0.3) is 8.53 Å². The zero-order valence-corrected chi connectivity index (χ0v) is 21.0. The van der Waals surface area contributed by atoms with Crippen LogP contribution in [-0.4, -0.2) is 69.6 Å². The molecule has 0 aliphatic rings. The molecule has 0 saturated heterocycles. The fraction of sp³-hybridized carbons (Fsp3) is 0.957. The van der Waals surface area contributed by atoms with E-state index in [4.69, 9.17) is 32.6 Å². The second-order valence-corrected chi connectivity index (χ2v) is 9.49. The van der Waals surface area contributed by atoms with Crippen LogP contribution in [0.1, 0.15) is 78.2 Å². The van der Waals surface area contributed by atoms with Gasteiger partial charge in [0.1, 0.15) is 0 Å². The molecule has 1 atom stereocenters. The van der Waals surface area contributed by atoms with Crippen LogP contribution in [0.4, 0.5) is 0 Å². The Balaban J connectivity index is 5.58. The highest BCUT2D eigenvalue weighted by Gasteiger charge is 2.36. The molecular weight excluding hydrogens is 415 g/mol. The molecule has 31 heavy (non-hydrogen) atoms. The van der Waals surface area contributed by atoms with Gasteiger partial charge in [0.2, 0.25) is 0 Å². The first-order valence-electron chi connectivity index (χ1n) is 13.3. The van der Waals surface area contributed by atoms with Crippen LogP contribution in [-0.2, 0) is 23.3 Å². The van der Waals surface area contributed by atoms with E-state index in [-0.39, 0.29) is 18.7 Å². The molecule has 0 amide bonds. The number of hydrogen-bond donors (Lipinski definition) is 0. The van der Waals surface area contributed by atoms with Crippen molar-refractivity contribution in [3.63, 3.8) is 0 Å². The maximum absolute atomic E-state index is 8.95. The summed E-state index contributed by atoms with van der Waals surface area (Å²) in [6.07, 6.45) is 2.23. The van der Waals surface area contributed by atoms with Crippen molar-refractivity contribution < 1.29 is 27.4 Å². The van der Waals surface area contributed by atoms with Gasteiger partial charge in [-0.3, -0.25) is 0 Å². The van der Waals surface area contributed by atoms with E-state index >= 15 is 0 Å². The molecular formula is C23H47N2O5P. The Hall–Kier alpha value is -0.320. The molecule has 0 aliphatic heterocycles. The van der Waals surface area contributed by atoms with Gasteiger partial charge in [-0.1, -0.05) is 20.7 Å². The summed E-state index contributed by atoms with van der Waals surface area (Å²) < 4.78 is 54.5. The summed E-state index contributed by atoms with van der Waals surface area (Å²) in [6, 6.07) is 2.50. The molecule has 0 aromatic rings. The third kappa shape index (κ3) is 13.7. The Labute approximate surface area is 196 Å². The van der Waals surface area contributed by atoms with Crippen LogP contribution in [0.2, 0.25) is 0 Å². The molecule has 0 bridgehead atoms. The minimum absolute atomic E-state index is 0.192. The van der Waals surface area contributed by atoms with E-state index in [9.17, 15) is 0 Å². The van der Waals surface area contributed by atoms with Gasteiger partial charge in [-0.15, -0.1) is 0 Å². The zero-order valence-electron chi connectivity index (χ0n) is 23.1. The van der Waals surface area contributed by atoms with Crippen molar-refractivity contribution in [2.24, 2.45) is 5.41 Å². The van der Waals surface area contributed by atoms with Gasteiger partial charge in [-0.05, 0) is 47.0 Å². The molecule has 0 spiro atoms. The highest BCUT2D eigenvalue weighted by Crippen LogP contribution is 2.47. The van der Waals surface area contributed by atoms with E-state index in [1.54, 1.807) is 0 Å². The Bertz CT molecular complexity index is 476. The average Bonchev–Trinajstić information content (AvgIpc) is 2.80. The van der Waals surface area contributed by atoms with E-state index in [2.05, 4.69) is 38.4 Å². The van der Waals surface area contributed by atoms with Crippen molar-refractivity contribution >= 4 is 8.53 Å². The molecule has 184 valence electrons. The summed E-state index contributed by atoms with van der Waals surface area (Å²) in [4.78, 5) is 0. The summed E-state index contributed by atoms with van der Waals surface area (Å²) in [6.45, 7) is 12.3. The lowest BCUT2D eigenvalue weighted by Gasteiger charge is -2.39. The van der Waals surface area contributed by atoms with Crippen LogP contribution in [0, 0.1) is 16.7 Å². The quantitative estimate of drug-likeness (QED) is 0.163. The predicted molar refractivity (Wildman–Crippen MR) is 127 cm³/mol. The van der Waals surface area contributed by atoms with Gasteiger partial charge in [0.05, 0.1) is 50.9 Å². The van der Waals surface area contributed by atoms with E-state index in [1.165, 1.54) is 0 Å². The van der Waals surface area contributed by atoms with E-state index in [0.29, 0.717) is 92.6 Å². The molecule has 0 rings (SSSR count). The minimum atomic E-state index is -1.42. The van der Waals surface area contributed by atoms with Crippen LogP contribution in [0.5, 0.6) is 0 Å². The number of nitrogens with zero attached hydrogens (tertiary/aromatic N) is 2. The second-order valence-electron chi connectivity index (χ2n) is 8.04. The summed E-state index contributed by atoms with van der Waals surface area (Å²) in [5, 5.41) is 8.95. The topological polar surface area (TPSA) is 73.2 Å². The average molecular weight is 466 g/mol. The number of rotatable bonds is 21. The van der Waals surface area contributed by atoms with Crippen LogP contribution < -0.4 is 0 Å². The molecule has 0 aromatic heterocycles. The van der Waals surface area contributed by atoms with Gasteiger partial charge in [-0.25, -0.2) is 4.67 Å². The van der Waals surface area contributed by atoms with Crippen LogP contribution >= 0.6 is 8.53 Å². The van der Waals surface area contributed by atoms with E-state index in [1.807, 2.05) is 0 Å². The van der Waals surface area contributed by atoms with Crippen molar-refractivity contribution in [2.75, 3.05) is 52.9 Å². The standard InChI is InChI=1S/C23H47N2O5P/c1-8-13-26-17-23(18-27-14-9-2,19-28-15-10-3)20-30-31(29-16-11-12-24)25(21(4)5)22(6)7/h21-22H,8-11,13-20H2,1-7H3/i1D,2D,3D. The van der Waals surface area contributed by atoms with Gasteiger partial charge in [0, 0.05) is 36.0 Å². The zero-order chi connectivity index (χ0) is 25.7. The lowest BCUT2D eigenvalue weighted by molar-refractivity contribution is -0.0895. The van der Waals surface area contributed by atoms with Crippen LogP contribution in [0.25, 0.3) is 0 Å². The highest BCUT2D eigenvalue weighted by molar-refractivity contribution is 7.44. The highest BCUT2D eigenvalue weighted by atomic mass is 31.2. The van der Waals surface area contributed by atoms with Crippen molar-refractivity contribution in [1.82, 2.24) is 4.67 Å². The third-order valence-electron chi connectivity index (χ3n) is 4.23. The summed E-state index contributed by atoms with van der Waals surface area (Å²) >= 11 is 0. The first-order chi connectivity index (χ1) is 16.4. The van der Waals surface area contributed by atoms with Crippen molar-refractivity contribution in [1.29, 1.82) is 5.26 Å². The summed E-state index contributed by atoms with van der Waals surface area (Å²) in [5.74, 6) is 0. The molecule has 8 heteroatoms. The molecule has 7 nitrogen and oxygen atoms in total. The van der Waals surface area contributed by atoms with Crippen LogP contribution in [0.3, 0.4) is 0 Å². The van der Waals surface area contributed by atoms with Crippen molar-refractivity contribution in [3.05, 3.63) is 0 Å². The predicted octanol–water partition coefficient (Wildman–Crippen LogP) is 5.55. The lowest BCUT2D eigenvalue weighted by Crippen LogP contribution is -2.42. The first-order valence-corrected chi connectivity index (χ1v) is 12.3. The Kier molecular flexibility index (Phi) is 15.7. The summed E-state index contributed by atoms with van der Waals surface area (Å²) in [7, 11) is -1.42. The second kappa shape index (κ2) is 19.2. The molecule has 0 fully saturated rings. The van der Waals surface area contributed by atoms with Gasteiger partial charge >= 0.3 is 0 Å². The summed E-state index contributed by atoms with van der Waals surface area (Å²) in [5.41, 5.74) is -0.592. The Morgan fingerprint density at radius 2 is 1.29 bits per heavy atom. The molecule has 0 N–H and O–H groups in total. The Morgan fingerprint density at radius 3 is 1.68 bits per heavy atom. The van der Waals surface area contributed by atoms with Crippen molar-refractivity contribution in [2.45, 2.75) is 86.2 Å². The van der Waals surface area contributed by atoms with Crippen molar-refractivity contribution in [3.8, 4) is 6.07 Å². The molecule has 0 radical (unpaired) electrons. The normalized spacial score (nSPS) is 14.6. The Morgan fingerprint density at radius 1 is 0.806 bits per heavy atom. The van der Waals surface area contributed by atoms with E-state index < -0.39 is 13.9 Å². The fourth-order valence-electron chi connectivity index (χ4n) is 2.93. The molecule has 0 aliphatic carbocycles. The minimum Gasteiger partial charge on any atom is -0.381 e. The molecule has 1 unspecified atom stereocenters. The lowest BCUT2D eigenvalue weighted by atomic mass is 9.92. The third-order valence-corrected chi connectivity index (χ3v) is 6.29. The fourth-order valence-corrected chi connectivity index (χ4v) is 4.65. The SMILES string of the molecule is [2H]CCCOCC(COCCC[2H])(COCCC[2H])COP(OCCC#N)N(C(C)C)C(C)C. The van der Waals surface area contributed by atoms with Crippen LogP contribution in [0.15, 0.2) is 0 Å². The van der Waals surface area contributed by atoms with Gasteiger partial charge in [-0.2, -0.15) is 5.26 Å². The van der Waals surface area contributed by atoms with E-state index in [0.717, 1.165) is 0 Å². The number of ether oxygens (including phenoxy) is 3. The number of hydrogen-bond acceptors (Lipinski definition) is 7. The molecule has 0 saturated carbocycles. The smallest absolute Gasteiger partial charge is 0.259 e. The monoisotopic (exact) mass is 465 g/mol. The van der Waals surface area contributed by atoms with Gasteiger partial charge < -0.3 is 23.3 Å². The maximum atomic E-state index is 8.95. The maximum Gasteiger partial charge on any atom is 0.259 e. The molecule has 0 heterocycles.